The minimum absolute atomic E-state index is 0.0225. The number of ether oxygens (including phenoxy) is 1. The number of nitro groups is 1. The van der Waals surface area contributed by atoms with E-state index in [9.17, 15) is 14.5 Å². The molecule has 1 aliphatic heterocycles. The first-order valence-electron chi connectivity index (χ1n) is 6.35. The topological polar surface area (TPSA) is 55.6 Å². The molecule has 0 spiro atoms. The fourth-order valence-corrected chi connectivity index (χ4v) is 2.39. The van der Waals surface area contributed by atoms with Gasteiger partial charge in [-0.1, -0.05) is 13.0 Å². The highest BCUT2D eigenvalue weighted by molar-refractivity contribution is 5.64. The van der Waals surface area contributed by atoms with E-state index in [1.165, 1.54) is 6.07 Å². The predicted molar refractivity (Wildman–Crippen MR) is 69.9 cm³/mol. The molecule has 1 aromatic carbocycles. The lowest BCUT2D eigenvalue weighted by molar-refractivity contribution is -0.386. The summed E-state index contributed by atoms with van der Waals surface area (Å²) >= 11 is 0. The van der Waals surface area contributed by atoms with Crippen LogP contribution in [-0.2, 0) is 4.74 Å². The number of nitro benzene ring substituents is 1. The lowest BCUT2D eigenvalue weighted by Crippen LogP contribution is -2.48. The summed E-state index contributed by atoms with van der Waals surface area (Å²) in [5.74, 6) is -0.795. The summed E-state index contributed by atoms with van der Waals surface area (Å²) < 4.78 is 19.2. The summed E-state index contributed by atoms with van der Waals surface area (Å²) in [6, 6.07) is 4.26. The van der Waals surface area contributed by atoms with Crippen LogP contribution in [0.5, 0.6) is 0 Å². The molecule has 2 unspecified atom stereocenters. The maximum absolute atomic E-state index is 13.7. The molecule has 1 saturated heterocycles. The van der Waals surface area contributed by atoms with Crippen molar-refractivity contribution in [1.82, 2.24) is 0 Å². The van der Waals surface area contributed by atoms with Crippen molar-refractivity contribution in [2.75, 3.05) is 18.1 Å². The summed E-state index contributed by atoms with van der Waals surface area (Å²) in [5, 5.41) is 11.1. The molecular weight excluding hydrogens is 251 g/mol. The zero-order valence-electron chi connectivity index (χ0n) is 11.0. The van der Waals surface area contributed by atoms with Gasteiger partial charge in [-0.05, 0) is 25.5 Å². The lowest BCUT2D eigenvalue weighted by atomic mass is 10.1. The molecule has 0 radical (unpaired) electrons. The molecule has 5 nitrogen and oxygen atoms in total. The van der Waals surface area contributed by atoms with Crippen LogP contribution >= 0.6 is 0 Å². The fraction of sp³-hybridized carbons (Fsp3) is 0.538. The number of hydrogen-bond acceptors (Lipinski definition) is 4. The van der Waals surface area contributed by atoms with Crippen LogP contribution in [0.4, 0.5) is 15.8 Å². The third-order valence-corrected chi connectivity index (χ3v) is 3.40. The molecule has 0 amide bonds. The monoisotopic (exact) mass is 268 g/mol. The van der Waals surface area contributed by atoms with Crippen LogP contribution in [0.1, 0.15) is 20.3 Å². The number of halogens is 1. The van der Waals surface area contributed by atoms with Gasteiger partial charge >= 0.3 is 5.69 Å². The highest BCUT2D eigenvalue weighted by Crippen LogP contribution is 2.34. The maximum atomic E-state index is 13.7. The van der Waals surface area contributed by atoms with Crippen molar-refractivity contribution in [2.24, 2.45) is 0 Å². The Bertz CT molecular complexity index is 481. The fourth-order valence-electron chi connectivity index (χ4n) is 2.39. The van der Waals surface area contributed by atoms with E-state index in [1.54, 1.807) is 6.07 Å². The van der Waals surface area contributed by atoms with Crippen LogP contribution in [0, 0.1) is 15.9 Å². The Kier molecular flexibility index (Phi) is 3.99. The van der Waals surface area contributed by atoms with E-state index in [0.717, 1.165) is 12.5 Å². The van der Waals surface area contributed by atoms with Gasteiger partial charge in [0.2, 0.25) is 5.82 Å². The minimum atomic E-state index is -0.795. The zero-order valence-corrected chi connectivity index (χ0v) is 11.0. The molecule has 0 aliphatic carbocycles. The SMILES string of the molecule is CCC1COC(C)CN1c1cccc(F)c1[N+](=O)[O-]. The number of para-hydroxylation sites is 1. The first-order chi connectivity index (χ1) is 9.04. The molecule has 6 heteroatoms. The third-order valence-electron chi connectivity index (χ3n) is 3.40. The van der Waals surface area contributed by atoms with Gasteiger partial charge in [0.15, 0.2) is 0 Å². The lowest BCUT2D eigenvalue weighted by Gasteiger charge is -2.39. The summed E-state index contributed by atoms with van der Waals surface area (Å²) in [6.45, 7) is 4.93. The van der Waals surface area contributed by atoms with E-state index in [1.807, 2.05) is 18.7 Å². The van der Waals surface area contributed by atoms with E-state index in [-0.39, 0.29) is 12.1 Å². The molecule has 19 heavy (non-hydrogen) atoms. The zero-order chi connectivity index (χ0) is 14.0. The van der Waals surface area contributed by atoms with E-state index < -0.39 is 16.4 Å². The van der Waals surface area contributed by atoms with E-state index in [4.69, 9.17) is 4.74 Å². The molecule has 104 valence electrons. The Morgan fingerprint density at radius 3 is 2.95 bits per heavy atom. The molecule has 1 aromatic rings. The average Bonchev–Trinajstić information content (AvgIpc) is 2.37. The van der Waals surface area contributed by atoms with Gasteiger partial charge in [-0.15, -0.1) is 0 Å². The summed E-state index contributed by atoms with van der Waals surface area (Å²) in [6.07, 6.45) is 0.770. The number of anilines is 1. The predicted octanol–water partition coefficient (Wildman–Crippen LogP) is 2.74. The minimum Gasteiger partial charge on any atom is -0.375 e. The number of benzene rings is 1. The van der Waals surface area contributed by atoms with Crippen molar-refractivity contribution in [3.8, 4) is 0 Å². The summed E-state index contributed by atoms with van der Waals surface area (Å²) in [5.41, 5.74) is -0.109. The average molecular weight is 268 g/mol. The highest BCUT2D eigenvalue weighted by atomic mass is 19.1. The molecule has 2 rings (SSSR count). The first-order valence-corrected chi connectivity index (χ1v) is 6.35. The second-order valence-electron chi connectivity index (χ2n) is 4.72. The highest BCUT2D eigenvalue weighted by Gasteiger charge is 2.32. The number of hydrogen-bond donors (Lipinski definition) is 0. The van der Waals surface area contributed by atoms with Gasteiger partial charge < -0.3 is 9.64 Å². The van der Waals surface area contributed by atoms with E-state index in [0.29, 0.717) is 18.8 Å². The van der Waals surface area contributed by atoms with Crippen LogP contribution in [0.25, 0.3) is 0 Å². The largest absolute Gasteiger partial charge is 0.375 e. The summed E-state index contributed by atoms with van der Waals surface area (Å²) in [7, 11) is 0. The van der Waals surface area contributed by atoms with Gasteiger partial charge in [-0.3, -0.25) is 10.1 Å². The van der Waals surface area contributed by atoms with Crippen LogP contribution in [0.3, 0.4) is 0 Å². The van der Waals surface area contributed by atoms with Gasteiger partial charge in [0.05, 0.1) is 23.7 Å². The molecular formula is C13H17FN2O3. The second-order valence-corrected chi connectivity index (χ2v) is 4.72. The van der Waals surface area contributed by atoms with Crippen LogP contribution < -0.4 is 4.90 Å². The smallest absolute Gasteiger partial charge is 0.327 e. The van der Waals surface area contributed by atoms with Gasteiger partial charge in [-0.25, -0.2) is 0 Å². The Hall–Kier alpha value is -1.69. The normalized spacial score (nSPS) is 23.4. The van der Waals surface area contributed by atoms with Crippen LogP contribution in [-0.4, -0.2) is 30.2 Å². The van der Waals surface area contributed by atoms with E-state index in [2.05, 4.69) is 0 Å². The van der Waals surface area contributed by atoms with Crippen molar-refractivity contribution < 1.29 is 14.1 Å². The molecule has 2 atom stereocenters. The Labute approximate surface area is 111 Å². The van der Waals surface area contributed by atoms with Crippen molar-refractivity contribution >= 4 is 11.4 Å². The number of morpholine rings is 1. The quantitative estimate of drug-likeness (QED) is 0.624. The van der Waals surface area contributed by atoms with Gasteiger partial charge in [0.1, 0.15) is 5.69 Å². The first kappa shape index (κ1) is 13.7. The van der Waals surface area contributed by atoms with Crippen molar-refractivity contribution in [2.45, 2.75) is 32.4 Å². The van der Waals surface area contributed by atoms with Gasteiger partial charge in [0, 0.05) is 6.54 Å². The molecule has 1 aliphatic rings. The molecule has 1 heterocycles. The second kappa shape index (κ2) is 5.52. The number of rotatable bonds is 3. The van der Waals surface area contributed by atoms with Gasteiger partial charge in [0.25, 0.3) is 0 Å². The van der Waals surface area contributed by atoms with Crippen LogP contribution in [0.2, 0.25) is 0 Å². The maximum Gasteiger partial charge on any atom is 0.327 e. The standard InChI is InChI=1S/C13H17FN2O3/c1-3-10-8-19-9(2)7-15(10)12-6-4-5-11(14)13(12)16(17)18/h4-6,9-10H,3,7-8H2,1-2H3. The Morgan fingerprint density at radius 2 is 2.32 bits per heavy atom. The summed E-state index contributed by atoms with van der Waals surface area (Å²) in [4.78, 5) is 12.3. The Balaban J connectivity index is 2.44. The number of nitrogens with zero attached hydrogens (tertiary/aromatic N) is 2. The third kappa shape index (κ3) is 2.68. The van der Waals surface area contributed by atoms with Gasteiger partial charge in [-0.2, -0.15) is 4.39 Å². The van der Waals surface area contributed by atoms with Crippen molar-refractivity contribution in [1.29, 1.82) is 0 Å². The molecule has 0 N–H and O–H groups in total. The van der Waals surface area contributed by atoms with E-state index >= 15 is 0 Å². The molecule has 1 fully saturated rings. The molecule has 0 bridgehead atoms. The molecule has 0 saturated carbocycles. The van der Waals surface area contributed by atoms with Crippen molar-refractivity contribution in [3.63, 3.8) is 0 Å². The Morgan fingerprint density at radius 1 is 1.58 bits per heavy atom. The van der Waals surface area contributed by atoms with Crippen molar-refractivity contribution in [3.05, 3.63) is 34.1 Å². The van der Waals surface area contributed by atoms with Crippen LogP contribution in [0.15, 0.2) is 18.2 Å². The molecule has 0 aromatic heterocycles.